The maximum atomic E-state index is 11.9. The van der Waals surface area contributed by atoms with Crippen LogP contribution in [0.3, 0.4) is 0 Å². The van der Waals surface area contributed by atoms with Crippen LogP contribution in [0, 0.1) is 0 Å². The summed E-state index contributed by atoms with van der Waals surface area (Å²) in [4.78, 5) is 13.6. The van der Waals surface area contributed by atoms with Crippen LogP contribution in [0.15, 0.2) is 24.3 Å². The van der Waals surface area contributed by atoms with Gasteiger partial charge < -0.3 is 10.6 Å². The third-order valence-electron chi connectivity index (χ3n) is 2.67. The minimum absolute atomic E-state index is 0.0223. The van der Waals surface area contributed by atoms with Gasteiger partial charge in [0.25, 0.3) is 0 Å². The van der Waals surface area contributed by atoms with Gasteiger partial charge in [-0.05, 0) is 18.6 Å². The van der Waals surface area contributed by atoms with Gasteiger partial charge in [0.05, 0.1) is 18.0 Å². The van der Waals surface area contributed by atoms with Crippen LogP contribution >= 0.6 is 0 Å². The largest absolute Gasteiger partial charge is 0.366 e. The van der Waals surface area contributed by atoms with Gasteiger partial charge in [0, 0.05) is 6.54 Å². The van der Waals surface area contributed by atoms with Crippen molar-refractivity contribution >= 4 is 17.4 Å². The summed E-state index contributed by atoms with van der Waals surface area (Å²) in [6, 6.07) is 7.82. The molecule has 1 aliphatic rings. The van der Waals surface area contributed by atoms with Gasteiger partial charge in [-0.25, -0.2) is 4.79 Å². The molecule has 1 aromatic rings. The summed E-state index contributed by atoms with van der Waals surface area (Å²) >= 11 is 0. The van der Waals surface area contributed by atoms with Crippen LogP contribution in [0.1, 0.15) is 19.8 Å². The molecular weight excluding hydrogens is 202 g/mol. The third-order valence-corrected chi connectivity index (χ3v) is 2.67. The molecule has 0 fully saturated rings. The van der Waals surface area contributed by atoms with Crippen molar-refractivity contribution < 1.29 is 4.79 Å². The Balaban J connectivity index is 1.99. The van der Waals surface area contributed by atoms with Crippen molar-refractivity contribution in [3.63, 3.8) is 0 Å². The lowest BCUT2D eigenvalue weighted by Crippen LogP contribution is -2.40. The molecule has 0 bridgehead atoms. The number of urea groups is 1. The van der Waals surface area contributed by atoms with E-state index in [1.165, 1.54) is 0 Å². The van der Waals surface area contributed by atoms with Crippen LogP contribution in [-0.2, 0) is 0 Å². The zero-order chi connectivity index (χ0) is 11.4. The highest BCUT2D eigenvalue weighted by Crippen LogP contribution is 2.30. The van der Waals surface area contributed by atoms with Crippen molar-refractivity contribution in [1.29, 1.82) is 0 Å². The fraction of sp³-hybridized carbons (Fsp3) is 0.417. The van der Waals surface area contributed by atoms with E-state index >= 15 is 0 Å². The number of rotatable bonds is 3. The number of benzene rings is 1. The van der Waals surface area contributed by atoms with Gasteiger partial charge in [-0.2, -0.15) is 0 Å². The van der Waals surface area contributed by atoms with Gasteiger partial charge in [0.1, 0.15) is 0 Å². The molecule has 4 nitrogen and oxygen atoms in total. The second-order valence-electron chi connectivity index (χ2n) is 3.87. The summed E-state index contributed by atoms with van der Waals surface area (Å²) in [5, 5.41) is 6.10. The molecule has 2 rings (SSSR count). The smallest absolute Gasteiger partial charge is 0.323 e. The minimum atomic E-state index is -0.0223. The average molecular weight is 219 g/mol. The monoisotopic (exact) mass is 219 g/mol. The molecule has 86 valence electrons. The molecule has 2 amide bonds. The number of hydrogen-bond acceptors (Lipinski definition) is 2. The molecule has 1 heterocycles. The average Bonchev–Trinajstić information content (AvgIpc) is 2.73. The van der Waals surface area contributed by atoms with Gasteiger partial charge in [-0.1, -0.05) is 25.5 Å². The number of hydrogen-bond donors (Lipinski definition) is 2. The first-order valence-corrected chi connectivity index (χ1v) is 5.71. The molecule has 2 N–H and O–H groups in total. The highest BCUT2D eigenvalue weighted by Gasteiger charge is 2.22. The van der Waals surface area contributed by atoms with Crippen molar-refractivity contribution in [2.24, 2.45) is 0 Å². The van der Waals surface area contributed by atoms with Crippen LogP contribution in [0.5, 0.6) is 0 Å². The highest BCUT2D eigenvalue weighted by atomic mass is 16.2. The molecule has 0 saturated carbocycles. The number of unbranched alkanes of at least 4 members (excludes halogenated alkanes) is 1. The molecule has 0 aromatic heterocycles. The number of nitrogens with one attached hydrogen (secondary N) is 2. The SMILES string of the molecule is CCCCNC(=O)N1CNc2ccccc21. The second kappa shape index (κ2) is 4.88. The van der Waals surface area contributed by atoms with Crippen LogP contribution in [-0.4, -0.2) is 19.2 Å². The lowest BCUT2D eigenvalue weighted by Gasteiger charge is -2.16. The van der Waals surface area contributed by atoms with Crippen molar-refractivity contribution in [3.05, 3.63) is 24.3 Å². The van der Waals surface area contributed by atoms with E-state index in [0.717, 1.165) is 30.8 Å². The first-order valence-electron chi connectivity index (χ1n) is 5.71. The predicted octanol–water partition coefficient (Wildman–Crippen LogP) is 2.39. The zero-order valence-electron chi connectivity index (χ0n) is 9.49. The number of nitrogens with zero attached hydrogens (tertiary/aromatic N) is 1. The van der Waals surface area contributed by atoms with Gasteiger partial charge in [-0.3, -0.25) is 4.90 Å². The summed E-state index contributed by atoms with van der Waals surface area (Å²) in [6.07, 6.45) is 2.11. The Kier molecular flexibility index (Phi) is 3.29. The Morgan fingerprint density at radius 3 is 3.12 bits per heavy atom. The Bertz CT molecular complexity index is 378. The maximum Gasteiger partial charge on any atom is 0.323 e. The number of anilines is 2. The molecule has 1 aromatic carbocycles. The molecule has 0 spiro atoms. The standard InChI is InChI=1S/C12H17N3O/c1-2-3-8-13-12(16)15-9-14-10-6-4-5-7-11(10)15/h4-7,14H,2-3,8-9H2,1H3,(H,13,16). The predicted molar refractivity (Wildman–Crippen MR) is 65.7 cm³/mol. The summed E-state index contributed by atoms with van der Waals surface area (Å²) in [7, 11) is 0. The molecule has 0 radical (unpaired) electrons. The van der Waals surface area contributed by atoms with Crippen LogP contribution in [0.25, 0.3) is 0 Å². The van der Waals surface area contributed by atoms with Gasteiger partial charge >= 0.3 is 6.03 Å². The molecule has 0 unspecified atom stereocenters. The first kappa shape index (κ1) is 10.8. The number of fused-ring (bicyclic) bond motifs is 1. The maximum absolute atomic E-state index is 11.9. The first-order chi connectivity index (χ1) is 7.83. The Hall–Kier alpha value is -1.71. The summed E-state index contributed by atoms with van der Waals surface area (Å²) in [5.74, 6) is 0. The number of carbonyl (C=O) groups is 1. The fourth-order valence-electron chi connectivity index (χ4n) is 1.76. The number of para-hydroxylation sites is 2. The van der Waals surface area contributed by atoms with E-state index in [0.29, 0.717) is 6.67 Å². The van der Waals surface area contributed by atoms with Gasteiger partial charge in [0.15, 0.2) is 0 Å². The number of amides is 2. The fourth-order valence-corrected chi connectivity index (χ4v) is 1.76. The number of carbonyl (C=O) groups excluding carboxylic acids is 1. The van der Waals surface area contributed by atoms with E-state index in [-0.39, 0.29) is 6.03 Å². The third kappa shape index (κ3) is 2.10. The topological polar surface area (TPSA) is 44.4 Å². The van der Waals surface area contributed by atoms with E-state index in [2.05, 4.69) is 17.6 Å². The van der Waals surface area contributed by atoms with E-state index in [1.54, 1.807) is 4.90 Å². The molecule has 0 saturated heterocycles. The minimum Gasteiger partial charge on any atom is -0.366 e. The Morgan fingerprint density at radius 1 is 1.50 bits per heavy atom. The molecule has 0 aliphatic carbocycles. The van der Waals surface area contributed by atoms with E-state index < -0.39 is 0 Å². The molecule has 16 heavy (non-hydrogen) atoms. The summed E-state index contributed by atoms with van der Waals surface area (Å²) < 4.78 is 0. The van der Waals surface area contributed by atoms with Gasteiger partial charge in [-0.15, -0.1) is 0 Å². The van der Waals surface area contributed by atoms with Crippen LogP contribution < -0.4 is 15.5 Å². The Morgan fingerprint density at radius 2 is 2.31 bits per heavy atom. The zero-order valence-corrected chi connectivity index (χ0v) is 9.49. The van der Waals surface area contributed by atoms with Crippen molar-refractivity contribution in [2.75, 3.05) is 23.4 Å². The Labute approximate surface area is 95.6 Å². The van der Waals surface area contributed by atoms with E-state index in [4.69, 9.17) is 0 Å². The van der Waals surface area contributed by atoms with Gasteiger partial charge in [0.2, 0.25) is 0 Å². The van der Waals surface area contributed by atoms with E-state index in [9.17, 15) is 4.79 Å². The quantitative estimate of drug-likeness (QED) is 0.767. The molecule has 1 aliphatic heterocycles. The summed E-state index contributed by atoms with van der Waals surface area (Å²) in [5.41, 5.74) is 1.98. The highest BCUT2D eigenvalue weighted by molar-refractivity contribution is 5.98. The lowest BCUT2D eigenvalue weighted by atomic mass is 10.3. The normalized spacial score (nSPS) is 13.2. The molecule has 4 heteroatoms. The van der Waals surface area contributed by atoms with Crippen molar-refractivity contribution in [1.82, 2.24) is 5.32 Å². The van der Waals surface area contributed by atoms with Crippen LogP contribution in [0.4, 0.5) is 16.2 Å². The lowest BCUT2D eigenvalue weighted by molar-refractivity contribution is 0.247. The van der Waals surface area contributed by atoms with Crippen molar-refractivity contribution in [2.45, 2.75) is 19.8 Å². The molecular formula is C12H17N3O. The molecule has 0 atom stereocenters. The van der Waals surface area contributed by atoms with Crippen molar-refractivity contribution in [3.8, 4) is 0 Å². The van der Waals surface area contributed by atoms with Crippen LogP contribution in [0.2, 0.25) is 0 Å². The summed E-state index contributed by atoms with van der Waals surface area (Å²) in [6.45, 7) is 3.41. The van der Waals surface area contributed by atoms with E-state index in [1.807, 2.05) is 24.3 Å². The second-order valence-corrected chi connectivity index (χ2v) is 3.87.